The Hall–Kier alpha value is -2.10. The van der Waals surface area contributed by atoms with Gasteiger partial charge in [-0.1, -0.05) is 55.5 Å². The Kier molecular flexibility index (Phi) is 6.59. The molecule has 24 heavy (non-hydrogen) atoms. The van der Waals surface area contributed by atoms with Crippen molar-refractivity contribution in [2.75, 3.05) is 6.16 Å². The highest BCUT2D eigenvalue weighted by molar-refractivity contribution is 7.57. The van der Waals surface area contributed by atoms with E-state index in [1.54, 1.807) is 38.1 Å². The van der Waals surface area contributed by atoms with E-state index < -0.39 is 19.5 Å². The molecule has 0 radical (unpaired) electrons. The summed E-state index contributed by atoms with van der Waals surface area (Å²) in [5.74, 6) is 0.0317. The average Bonchev–Trinajstić information content (AvgIpc) is 2.61. The lowest BCUT2D eigenvalue weighted by atomic mass is 10.2. The van der Waals surface area contributed by atoms with Crippen molar-refractivity contribution < 1.29 is 18.6 Å². The molecule has 2 atom stereocenters. The van der Waals surface area contributed by atoms with Crippen LogP contribution < -0.4 is 9.61 Å². The van der Waals surface area contributed by atoms with E-state index in [0.717, 1.165) is 5.56 Å². The molecule has 6 heteroatoms. The maximum Gasteiger partial charge on any atom is 0.323 e. The van der Waals surface area contributed by atoms with Gasteiger partial charge in [-0.2, -0.15) is 0 Å². The van der Waals surface area contributed by atoms with Crippen LogP contribution in [0.25, 0.3) is 0 Å². The quantitative estimate of drug-likeness (QED) is 0.578. The van der Waals surface area contributed by atoms with E-state index in [9.17, 15) is 9.36 Å². The van der Waals surface area contributed by atoms with Crippen molar-refractivity contribution in [1.29, 1.82) is 0 Å². The summed E-state index contributed by atoms with van der Waals surface area (Å²) in [7, 11) is -3.18. The first-order valence-corrected chi connectivity index (χ1v) is 9.65. The van der Waals surface area contributed by atoms with Gasteiger partial charge >= 0.3 is 13.5 Å². The second-order valence-corrected chi connectivity index (χ2v) is 7.76. The van der Waals surface area contributed by atoms with Gasteiger partial charge in [-0.05, 0) is 24.6 Å². The Morgan fingerprint density at radius 3 is 2.25 bits per heavy atom. The lowest BCUT2D eigenvalue weighted by Gasteiger charge is -2.22. The molecule has 1 unspecified atom stereocenters. The number of para-hydroxylation sites is 1. The molecule has 0 aliphatic carbocycles. The first kappa shape index (κ1) is 18.2. The normalized spacial score (nSPS) is 14.4. The Morgan fingerprint density at radius 2 is 1.67 bits per heavy atom. The van der Waals surface area contributed by atoms with E-state index in [1.165, 1.54) is 0 Å². The summed E-state index contributed by atoms with van der Waals surface area (Å²) in [6.07, 6.45) is 0.262. The topological polar surface area (TPSA) is 64.6 Å². The Morgan fingerprint density at radius 1 is 1.08 bits per heavy atom. The maximum absolute atomic E-state index is 12.8. The largest absolute Gasteiger partial charge is 0.460 e. The van der Waals surface area contributed by atoms with Crippen LogP contribution in [0.15, 0.2) is 60.7 Å². The number of hydrogen-bond acceptors (Lipinski definition) is 4. The summed E-state index contributed by atoms with van der Waals surface area (Å²) in [6.45, 7) is 3.55. The fourth-order valence-electron chi connectivity index (χ4n) is 2.04. The Bertz CT molecular complexity index is 691. The molecule has 0 aliphatic rings. The second-order valence-electron chi connectivity index (χ2n) is 5.34. The van der Waals surface area contributed by atoms with Crippen LogP contribution in [0.3, 0.4) is 0 Å². The molecule has 2 aromatic carbocycles. The third-order valence-corrected chi connectivity index (χ3v) is 5.50. The van der Waals surface area contributed by atoms with Gasteiger partial charge < -0.3 is 9.26 Å². The van der Waals surface area contributed by atoms with Gasteiger partial charge in [0.1, 0.15) is 18.4 Å². The number of hydrogen-bond donors (Lipinski definition) is 1. The molecule has 0 spiro atoms. The molecule has 0 saturated heterocycles. The lowest BCUT2D eigenvalue weighted by molar-refractivity contribution is -0.146. The van der Waals surface area contributed by atoms with Gasteiger partial charge in [-0.15, -0.1) is 0 Å². The van der Waals surface area contributed by atoms with Crippen LogP contribution in [0.5, 0.6) is 5.75 Å². The van der Waals surface area contributed by atoms with Gasteiger partial charge in [0.25, 0.3) is 0 Å². The maximum atomic E-state index is 12.8. The zero-order valence-electron chi connectivity index (χ0n) is 13.8. The molecule has 0 amide bonds. The van der Waals surface area contributed by atoms with E-state index >= 15 is 0 Å². The average molecular weight is 347 g/mol. The first-order chi connectivity index (χ1) is 11.5. The van der Waals surface area contributed by atoms with Crippen LogP contribution in [-0.2, 0) is 20.7 Å². The molecule has 0 bridgehead atoms. The van der Waals surface area contributed by atoms with E-state index in [-0.39, 0.29) is 12.8 Å². The fourth-order valence-corrected chi connectivity index (χ4v) is 3.56. The van der Waals surface area contributed by atoms with Crippen molar-refractivity contribution in [3.8, 4) is 5.75 Å². The van der Waals surface area contributed by atoms with Gasteiger partial charge in [-0.25, -0.2) is 5.09 Å². The summed E-state index contributed by atoms with van der Waals surface area (Å²) in [4.78, 5) is 12.1. The third kappa shape index (κ3) is 5.52. The minimum Gasteiger partial charge on any atom is -0.460 e. The molecule has 2 aromatic rings. The predicted molar refractivity (Wildman–Crippen MR) is 94.1 cm³/mol. The van der Waals surface area contributed by atoms with E-state index in [0.29, 0.717) is 5.75 Å². The summed E-state index contributed by atoms with van der Waals surface area (Å²) in [6, 6.07) is 17.6. The van der Waals surface area contributed by atoms with Crippen molar-refractivity contribution in [2.24, 2.45) is 0 Å². The molecule has 5 nitrogen and oxygen atoms in total. The Labute approximate surface area is 142 Å². The zero-order valence-corrected chi connectivity index (χ0v) is 14.7. The van der Waals surface area contributed by atoms with Gasteiger partial charge in [0.2, 0.25) is 0 Å². The lowest BCUT2D eigenvalue weighted by Crippen LogP contribution is -2.34. The van der Waals surface area contributed by atoms with E-state index in [4.69, 9.17) is 9.26 Å². The standard InChI is InChI=1S/C18H22NO4P/c1-3-24(21,23-17-12-8-5-9-13-17)19-15(2)18(20)22-14-16-10-6-4-7-11-16/h4-13,15H,3,14H2,1-2H3,(H,19,21)/t15-,24?/m1/s1. The third-order valence-electron chi connectivity index (χ3n) is 3.38. The molecule has 2 rings (SSSR count). The fraction of sp³-hybridized carbons (Fsp3) is 0.278. The van der Waals surface area contributed by atoms with Crippen LogP contribution >= 0.6 is 7.52 Å². The number of benzene rings is 2. The van der Waals surface area contributed by atoms with E-state index in [2.05, 4.69) is 5.09 Å². The molecule has 128 valence electrons. The van der Waals surface area contributed by atoms with Crippen LogP contribution in [0, 0.1) is 0 Å². The Balaban J connectivity index is 1.91. The summed E-state index contributed by atoms with van der Waals surface area (Å²) in [5.41, 5.74) is 0.900. The first-order valence-electron chi connectivity index (χ1n) is 7.84. The molecular weight excluding hydrogens is 325 g/mol. The molecule has 0 saturated carbocycles. The van der Waals surface area contributed by atoms with Crippen LogP contribution in [-0.4, -0.2) is 18.2 Å². The van der Waals surface area contributed by atoms with Crippen molar-refractivity contribution in [1.82, 2.24) is 5.09 Å². The number of nitrogens with one attached hydrogen (secondary N) is 1. The van der Waals surface area contributed by atoms with Crippen LogP contribution in [0.4, 0.5) is 0 Å². The van der Waals surface area contributed by atoms with Gasteiger partial charge in [0.15, 0.2) is 0 Å². The van der Waals surface area contributed by atoms with Gasteiger partial charge in [0, 0.05) is 6.16 Å². The number of ether oxygens (including phenoxy) is 1. The highest BCUT2D eigenvalue weighted by atomic mass is 31.2. The number of rotatable bonds is 8. The second kappa shape index (κ2) is 8.67. The summed E-state index contributed by atoms with van der Waals surface area (Å²) < 4.78 is 23.6. The van der Waals surface area contributed by atoms with Crippen LogP contribution in [0.2, 0.25) is 0 Å². The highest BCUT2D eigenvalue weighted by Crippen LogP contribution is 2.42. The highest BCUT2D eigenvalue weighted by Gasteiger charge is 2.28. The number of esters is 1. The molecule has 0 aromatic heterocycles. The monoisotopic (exact) mass is 347 g/mol. The van der Waals surface area contributed by atoms with Gasteiger partial charge in [-0.3, -0.25) is 9.36 Å². The minimum absolute atomic E-state index is 0.182. The van der Waals surface area contributed by atoms with Crippen LogP contribution in [0.1, 0.15) is 19.4 Å². The van der Waals surface area contributed by atoms with E-state index in [1.807, 2.05) is 36.4 Å². The predicted octanol–water partition coefficient (Wildman–Crippen LogP) is 4.00. The molecule has 1 N–H and O–H groups in total. The smallest absolute Gasteiger partial charge is 0.323 e. The molecular formula is C18H22NO4P. The van der Waals surface area contributed by atoms with Crippen molar-refractivity contribution in [2.45, 2.75) is 26.5 Å². The number of carbonyl (C=O) groups excluding carboxylic acids is 1. The minimum atomic E-state index is -3.18. The van der Waals surface area contributed by atoms with Crippen molar-refractivity contribution in [3.63, 3.8) is 0 Å². The molecule has 0 heterocycles. The number of carbonyl (C=O) groups is 1. The SMILES string of the molecule is CCP(=O)(N[C@H](C)C(=O)OCc1ccccc1)Oc1ccccc1. The van der Waals surface area contributed by atoms with Crippen molar-refractivity contribution in [3.05, 3.63) is 66.2 Å². The summed E-state index contributed by atoms with van der Waals surface area (Å²) >= 11 is 0. The van der Waals surface area contributed by atoms with Gasteiger partial charge in [0.05, 0.1) is 0 Å². The zero-order chi connectivity index (χ0) is 17.4. The molecule has 0 aliphatic heterocycles. The summed E-state index contributed by atoms with van der Waals surface area (Å²) in [5, 5.41) is 2.79. The molecule has 0 fully saturated rings. The van der Waals surface area contributed by atoms with Crippen molar-refractivity contribution >= 4 is 13.5 Å².